The van der Waals surface area contributed by atoms with Gasteiger partial charge in [0.1, 0.15) is 5.01 Å². The predicted molar refractivity (Wildman–Crippen MR) is 83.3 cm³/mol. The molecular weight excluding hydrogens is 327 g/mol. The highest BCUT2D eigenvalue weighted by Gasteiger charge is 2.21. The van der Waals surface area contributed by atoms with E-state index in [1.807, 2.05) is 13.8 Å². The average molecular weight is 344 g/mol. The molecule has 0 spiro atoms. The zero-order valence-electron chi connectivity index (χ0n) is 12.7. The molecular formula is C14H17FN2O3S2. The van der Waals surface area contributed by atoms with Crippen molar-refractivity contribution in [1.29, 1.82) is 0 Å². The molecule has 2 aromatic rings. The van der Waals surface area contributed by atoms with Gasteiger partial charge in [0, 0.05) is 10.4 Å². The van der Waals surface area contributed by atoms with Crippen molar-refractivity contribution in [3.63, 3.8) is 0 Å². The molecule has 2 rings (SSSR count). The first-order valence-electron chi connectivity index (χ1n) is 6.52. The summed E-state index contributed by atoms with van der Waals surface area (Å²) in [4.78, 5) is 5.21. The van der Waals surface area contributed by atoms with E-state index in [-0.39, 0.29) is 22.8 Å². The minimum Gasteiger partial charge on any atom is -0.494 e. The molecule has 0 bridgehead atoms. The summed E-state index contributed by atoms with van der Waals surface area (Å²) < 4.78 is 45.9. The van der Waals surface area contributed by atoms with Crippen LogP contribution in [0.2, 0.25) is 0 Å². The first-order valence-corrected chi connectivity index (χ1v) is 8.82. The van der Waals surface area contributed by atoms with E-state index < -0.39 is 15.8 Å². The molecule has 22 heavy (non-hydrogen) atoms. The van der Waals surface area contributed by atoms with Gasteiger partial charge >= 0.3 is 0 Å². The molecule has 1 heterocycles. The lowest BCUT2D eigenvalue weighted by molar-refractivity contribution is 0.384. The predicted octanol–water partition coefficient (Wildman–Crippen LogP) is 2.69. The third kappa shape index (κ3) is 3.29. The molecule has 0 saturated heterocycles. The Kier molecular flexibility index (Phi) is 4.84. The maximum absolute atomic E-state index is 14.0. The van der Waals surface area contributed by atoms with Crippen molar-refractivity contribution < 1.29 is 17.5 Å². The molecule has 0 aliphatic heterocycles. The second-order valence-electron chi connectivity index (χ2n) is 4.78. The SMILES string of the molecule is COc1ccc(S(=O)(=O)NCc2nc(C)c(C)s2)c(C)c1F. The lowest BCUT2D eigenvalue weighted by Crippen LogP contribution is -2.24. The highest BCUT2D eigenvalue weighted by molar-refractivity contribution is 7.89. The molecule has 0 amide bonds. The van der Waals surface area contributed by atoms with Crippen molar-refractivity contribution >= 4 is 21.4 Å². The maximum atomic E-state index is 14.0. The zero-order chi connectivity index (χ0) is 16.5. The number of methoxy groups -OCH3 is 1. The van der Waals surface area contributed by atoms with Crippen LogP contribution >= 0.6 is 11.3 Å². The van der Waals surface area contributed by atoms with Gasteiger partial charge in [0.25, 0.3) is 0 Å². The van der Waals surface area contributed by atoms with E-state index in [2.05, 4.69) is 9.71 Å². The van der Waals surface area contributed by atoms with Crippen LogP contribution in [0.5, 0.6) is 5.75 Å². The number of hydrogen-bond acceptors (Lipinski definition) is 5. The lowest BCUT2D eigenvalue weighted by atomic mass is 10.2. The number of aromatic nitrogens is 1. The van der Waals surface area contributed by atoms with Crippen molar-refractivity contribution in [3.8, 4) is 5.75 Å². The maximum Gasteiger partial charge on any atom is 0.241 e. The number of hydrogen-bond donors (Lipinski definition) is 1. The van der Waals surface area contributed by atoms with Gasteiger partial charge in [0.15, 0.2) is 11.6 Å². The highest BCUT2D eigenvalue weighted by atomic mass is 32.2. The summed E-state index contributed by atoms with van der Waals surface area (Å²) in [7, 11) is -2.49. The standard InChI is InChI=1S/C14H17FN2O3S2/c1-8-12(6-5-11(20-4)14(8)15)22(18,19)16-7-13-17-9(2)10(3)21-13/h5-6,16H,7H2,1-4H3. The van der Waals surface area contributed by atoms with E-state index in [1.54, 1.807) is 0 Å². The molecule has 0 unspecified atom stereocenters. The minimum atomic E-state index is -3.82. The monoisotopic (exact) mass is 344 g/mol. The van der Waals surface area contributed by atoms with Crippen LogP contribution in [0.3, 0.4) is 0 Å². The van der Waals surface area contributed by atoms with Gasteiger partial charge in [-0.1, -0.05) is 0 Å². The molecule has 0 radical (unpaired) electrons. The largest absolute Gasteiger partial charge is 0.494 e. The Morgan fingerprint density at radius 1 is 1.32 bits per heavy atom. The van der Waals surface area contributed by atoms with Crippen LogP contribution < -0.4 is 9.46 Å². The van der Waals surface area contributed by atoms with E-state index >= 15 is 0 Å². The average Bonchev–Trinajstić information content (AvgIpc) is 2.78. The van der Waals surface area contributed by atoms with E-state index in [0.29, 0.717) is 5.01 Å². The molecule has 0 fully saturated rings. The van der Waals surface area contributed by atoms with Gasteiger partial charge in [0.2, 0.25) is 10.0 Å². The van der Waals surface area contributed by atoms with Crippen molar-refractivity contribution in [3.05, 3.63) is 39.1 Å². The van der Waals surface area contributed by atoms with E-state index in [1.165, 1.54) is 37.5 Å². The Labute approximate surface area is 133 Å². The van der Waals surface area contributed by atoms with Crippen molar-refractivity contribution in [2.24, 2.45) is 0 Å². The van der Waals surface area contributed by atoms with Crippen LogP contribution in [-0.4, -0.2) is 20.5 Å². The summed E-state index contributed by atoms with van der Waals surface area (Å²) in [5.74, 6) is -0.658. The zero-order valence-corrected chi connectivity index (χ0v) is 14.4. The van der Waals surface area contributed by atoms with E-state index in [9.17, 15) is 12.8 Å². The van der Waals surface area contributed by atoms with Gasteiger partial charge in [-0.15, -0.1) is 11.3 Å². The number of ether oxygens (including phenoxy) is 1. The smallest absolute Gasteiger partial charge is 0.241 e. The molecule has 1 aromatic carbocycles. The second kappa shape index (κ2) is 6.31. The fourth-order valence-corrected chi connectivity index (χ4v) is 4.13. The van der Waals surface area contributed by atoms with Crippen molar-refractivity contribution in [2.75, 3.05) is 7.11 Å². The fraction of sp³-hybridized carbons (Fsp3) is 0.357. The summed E-state index contributed by atoms with van der Waals surface area (Å²) in [6.45, 7) is 5.28. The van der Waals surface area contributed by atoms with Gasteiger partial charge in [0.05, 0.1) is 24.2 Å². The first kappa shape index (κ1) is 16.9. The van der Waals surface area contributed by atoms with Gasteiger partial charge in [-0.05, 0) is 32.9 Å². The summed E-state index contributed by atoms with van der Waals surface area (Å²) >= 11 is 1.43. The molecule has 8 heteroatoms. The van der Waals surface area contributed by atoms with Crippen molar-refractivity contribution in [1.82, 2.24) is 9.71 Å². The Morgan fingerprint density at radius 2 is 2.00 bits per heavy atom. The molecule has 5 nitrogen and oxygen atoms in total. The second-order valence-corrected chi connectivity index (χ2v) is 7.80. The third-order valence-electron chi connectivity index (χ3n) is 3.30. The number of halogens is 1. The van der Waals surface area contributed by atoms with Crippen LogP contribution in [0.4, 0.5) is 4.39 Å². The third-order valence-corrected chi connectivity index (χ3v) is 5.92. The summed E-state index contributed by atoms with van der Waals surface area (Å²) in [6, 6.07) is 2.63. The van der Waals surface area contributed by atoms with Gasteiger partial charge in [-0.3, -0.25) is 0 Å². The number of benzene rings is 1. The van der Waals surface area contributed by atoms with E-state index in [4.69, 9.17) is 4.74 Å². The van der Waals surface area contributed by atoms with Crippen LogP contribution in [0, 0.1) is 26.6 Å². The summed E-state index contributed by atoms with van der Waals surface area (Å²) in [5.41, 5.74) is 0.907. The van der Waals surface area contributed by atoms with Crippen LogP contribution in [0.15, 0.2) is 17.0 Å². The summed E-state index contributed by atoms with van der Waals surface area (Å²) in [5, 5.41) is 0.671. The number of sulfonamides is 1. The normalized spacial score (nSPS) is 11.7. The number of rotatable bonds is 5. The molecule has 1 N–H and O–H groups in total. The van der Waals surface area contributed by atoms with Gasteiger partial charge in [-0.25, -0.2) is 22.5 Å². The number of thiazole rings is 1. The van der Waals surface area contributed by atoms with Gasteiger partial charge < -0.3 is 4.74 Å². The molecule has 0 atom stereocenters. The number of nitrogens with one attached hydrogen (secondary N) is 1. The Hall–Kier alpha value is -1.51. The number of nitrogens with zero attached hydrogens (tertiary/aromatic N) is 1. The lowest BCUT2D eigenvalue weighted by Gasteiger charge is -2.11. The Bertz CT molecular complexity index is 781. The summed E-state index contributed by atoms with van der Waals surface area (Å²) in [6.07, 6.45) is 0. The van der Waals surface area contributed by atoms with E-state index in [0.717, 1.165) is 10.6 Å². The highest BCUT2D eigenvalue weighted by Crippen LogP contribution is 2.26. The van der Waals surface area contributed by atoms with Crippen LogP contribution in [0.25, 0.3) is 0 Å². The molecule has 0 saturated carbocycles. The molecule has 0 aliphatic carbocycles. The molecule has 0 aliphatic rings. The van der Waals surface area contributed by atoms with Crippen LogP contribution in [-0.2, 0) is 16.6 Å². The number of aryl methyl sites for hydroxylation is 2. The fourth-order valence-electron chi connectivity index (χ4n) is 1.94. The van der Waals surface area contributed by atoms with Crippen LogP contribution in [0.1, 0.15) is 21.1 Å². The topological polar surface area (TPSA) is 68.3 Å². The van der Waals surface area contributed by atoms with Gasteiger partial charge in [-0.2, -0.15) is 0 Å². The molecule has 120 valence electrons. The Balaban J connectivity index is 2.25. The quantitative estimate of drug-likeness (QED) is 0.905. The Morgan fingerprint density at radius 3 is 2.55 bits per heavy atom. The molecule has 1 aromatic heterocycles. The van der Waals surface area contributed by atoms with Crippen molar-refractivity contribution in [2.45, 2.75) is 32.2 Å². The first-order chi connectivity index (χ1) is 10.3. The minimum absolute atomic E-state index is 0.0163.